The van der Waals surface area contributed by atoms with Crippen LogP contribution in [-0.4, -0.2) is 49.7 Å². The van der Waals surface area contributed by atoms with E-state index >= 15 is 0 Å². The van der Waals surface area contributed by atoms with Gasteiger partial charge in [0, 0.05) is 22.6 Å². The van der Waals surface area contributed by atoms with Crippen molar-refractivity contribution in [1.29, 1.82) is 0 Å². The summed E-state index contributed by atoms with van der Waals surface area (Å²) >= 11 is 1.28. The first-order valence-corrected chi connectivity index (χ1v) is 15.7. The number of thioether (sulfide) groups is 1. The lowest BCUT2D eigenvalue weighted by atomic mass is 10.1. The first-order chi connectivity index (χ1) is 22.8. The topological polar surface area (TPSA) is 123 Å². The van der Waals surface area contributed by atoms with Gasteiger partial charge < -0.3 is 24.8 Å². The standard InChI is InChI=1S/C36H33N3O7S/c1-4-46-27-15-13-26(14-16-27)39-33(40)22-32(36(39)43)47-28-17-11-25(12-18-28)37-35(42)29(38-34(41)24-8-6-5-7-9-24)20-23-10-19-30(44-2)31(21-23)45-3/h5-21,32H,4,22H2,1-3H3,(H,37,42)(H,38,41)/b29-20-. The lowest BCUT2D eigenvalue weighted by Crippen LogP contribution is -2.31. The zero-order valence-corrected chi connectivity index (χ0v) is 26.8. The summed E-state index contributed by atoms with van der Waals surface area (Å²) in [7, 11) is 3.04. The van der Waals surface area contributed by atoms with Crippen molar-refractivity contribution in [3.8, 4) is 17.2 Å². The van der Waals surface area contributed by atoms with E-state index in [9.17, 15) is 19.2 Å². The molecule has 4 amide bonds. The minimum absolute atomic E-state index is 0.00831. The van der Waals surface area contributed by atoms with Gasteiger partial charge in [0.25, 0.3) is 11.8 Å². The number of nitrogens with one attached hydrogen (secondary N) is 2. The van der Waals surface area contributed by atoms with Crippen molar-refractivity contribution in [1.82, 2.24) is 5.32 Å². The third-order valence-corrected chi connectivity index (χ3v) is 8.35. The van der Waals surface area contributed by atoms with E-state index in [1.165, 1.54) is 30.9 Å². The van der Waals surface area contributed by atoms with E-state index < -0.39 is 17.1 Å². The Hall–Kier alpha value is -5.55. The highest BCUT2D eigenvalue weighted by molar-refractivity contribution is 8.00. The molecule has 2 N–H and O–H groups in total. The maximum Gasteiger partial charge on any atom is 0.272 e. The lowest BCUT2D eigenvalue weighted by molar-refractivity contribution is -0.121. The second-order valence-electron chi connectivity index (χ2n) is 10.3. The molecule has 1 atom stereocenters. The molecule has 4 aromatic rings. The Bertz CT molecular complexity index is 1790. The van der Waals surface area contributed by atoms with E-state index in [-0.39, 0.29) is 23.9 Å². The maximum absolute atomic E-state index is 13.5. The number of amides is 4. The molecule has 1 unspecified atom stereocenters. The average Bonchev–Trinajstić information content (AvgIpc) is 3.37. The van der Waals surface area contributed by atoms with Crippen LogP contribution >= 0.6 is 11.8 Å². The molecule has 0 spiro atoms. The molecule has 10 nitrogen and oxygen atoms in total. The lowest BCUT2D eigenvalue weighted by Gasteiger charge is -2.15. The van der Waals surface area contributed by atoms with Crippen LogP contribution in [-0.2, 0) is 14.4 Å². The van der Waals surface area contributed by atoms with Gasteiger partial charge in [-0.3, -0.25) is 19.2 Å². The fraction of sp³-hybridized carbons (Fsp3) is 0.167. The Kier molecular flexibility index (Phi) is 10.6. The summed E-state index contributed by atoms with van der Waals surface area (Å²) in [6.07, 6.45) is 1.61. The van der Waals surface area contributed by atoms with E-state index in [1.54, 1.807) is 103 Å². The Morgan fingerprint density at radius 3 is 2.26 bits per heavy atom. The molecule has 47 heavy (non-hydrogen) atoms. The molecule has 0 saturated carbocycles. The van der Waals surface area contributed by atoms with Gasteiger partial charge in [0.05, 0.1) is 31.8 Å². The summed E-state index contributed by atoms with van der Waals surface area (Å²) in [6.45, 7) is 2.40. The predicted molar refractivity (Wildman–Crippen MR) is 181 cm³/mol. The highest BCUT2D eigenvalue weighted by Crippen LogP contribution is 2.35. The number of ether oxygens (including phenoxy) is 3. The Morgan fingerprint density at radius 1 is 0.894 bits per heavy atom. The normalized spacial score (nSPS) is 14.5. The number of anilines is 2. The van der Waals surface area contributed by atoms with Crippen molar-refractivity contribution in [3.05, 3.63) is 114 Å². The van der Waals surface area contributed by atoms with E-state index in [0.29, 0.717) is 46.4 Å². The van der Waals surface area contributed by atoms with E-state index in [2.05, 4.69) is 10.6 Å². The molecule has 0 aromatic heterocycles. The van der Waals surface area contributed by atoms with Crippen LogP contribution in [0.15, 0.2) is 108 Å². The van der Waals surface area contributed by atoms with Crippen LogP contribution in [0.5, 0.6) is 17.2 Å². The summed E-state index contributed by atoms with van der Waals surface area (Å²) in [4.78, 5) is 54.4. The minimum Gasteiger partial charge on any atom is -0.494 e. The van der Waals surface area contributed by atoms with Gasteiger partial charge in [0.2, 0.25) is 11.8 Å². The van der Waals surface area contributed by atoms with E-state index in [4.69, 9.17) is 14.2 Å². The Labute approximate surface area is 276 Å². The number of carbonyl (C=O) groups is 4. The van der Waals surface area contributed by atoms with Crippen molar-refractivity contribution in [2.45, 2.75) is 23.5 Å². The summed E-state index contributed by atoms with van der Waals surface area (Å²) in [5.74, 6) is 0.0902. The van der Waals surface area contributed by atoms with Crippen LogP contribution in [0.3, 0.4) is 0 Å². The number of hydrogen-bond donors (Lipinski definition) is 2. The Balaban J connectivity index is 1.29. The first kappa shape index (κ1) is 32.8. The van der Waals surface area contributed by atoms with Crippen molar-refractivity contribution in [3.63, 3.8) is 0 Å². The van der Waals surface area contributed by atoms with Crippen LogP contribution in [0.25, 0.3) is 6.08 Å². The van der Waals surface area contributed by atoms with Crippen molar-refractivity contribution >= 4 is 52.8 Å². The highest BCUT2D eigenvalue weighted by Gasteiger charge is 2.40. The largest absolute Gasteiger partial charge is 0.494 e. The molecule has 0 aliphatic carbocycles. The van der Waals surface area contributed by atoms with Crippen LogP contribution in [0, 0.1) is 0 Å². The van der Waals surface area contributed by atoms with Crippen LogP contribution in [0.4, 0.5) is 11.4 Å². The molecule has 1 heterocycles. The number of methoxy groups -OCH3 is 2. The van der Waals surface area contributed by atoms with Gasteiger partial charge in [0.15, 0.2) is 11.5 Å². The third-order valence-electron chi connectivity index (χ3n) is 7.15. The number of benzene rings is 4. The number of imide groups is 1. The SMILES string of the molecule is CCOc1ccc(N2C(=O)CC(Sc3ccc(NC(=O)/C(=C/c4ccc(OC)c(OC)c4)NC(=O)c4ccccc4)cc3)C2=O)cc1. The smallest absolute Gasteiger partial charge is 0.272 e. The number of carbonyl (C=O) groups excluding carboxylic acids is 4. The van der Waals surface area contributed by atoms with Crippen molar-refractivity contribution < 1.29 is 33.4 Å². The second-order valence-corrected chi connectivity index (χ2v) is 11.6. The molecule has 0 bridgehead atoms. The first-order valence-electron chi connectivity index (χ1n) is 14.8. The number of nitrogens with zero attached hydrogens (tertiary/aromatic N) is 1. The molecule has 1 aliphatic rings. The van der Waals surface area contributed by atoms with Gasteiger partial charge in [-0.2, -0.15) is 0 Å². The predicted octanol–water partition coefficient (Wildman–Crippen LogP) is 5.94. The average molecular weight is 652 g/mol. The van der Waals surface area contributed by atoms with Gasteiger partial charge in [-0.15, -0.1) is 11.8 Å². The van der Waals surface area contributed by atoms with Gasteiger partial charge in [-0.1, -0.05) is 24.3 Å². The maximum atomic E-state index is 13.5. The van der Waals surface area contributed by atoms with E-state index in [1.807, 2.05) is 6.92 Å². The number of rotatable bonds is 12. The molecule has 1 saturated heterocycles. The molecular weight excluding hydrogens is 618 g/mol. The van der Waals surface area contributed by atoms with Crippen molar-refractivity contribution in [2.75, 3.05) is 31.0 Å². The zero-order chi connectivity index (χ0) is 33.3. The highest BCUT2D eigenvalue weighted by atomic mass is 32.2. The summed E-state index contributed by atoms with van der Waals surface area (Å²) < 4.78 is 16.1. The third kappa shape index (κ3) is 8.00. The Morgan fingerprint density at radius 2 is 1.60 bits per heavy atom. The fourth-order valence-corrected chi connectivity index (χ4v) is 5.91. The van der Waals surface area contributed by atoms with E-state index in [0.717, 1.165) is 4.90 Å². The molecule has 1 fully saturated rings. The van der Waals surface area contributed by atoms with Crippen LogP contribution in [0.2, 0.25) is 0 Å². The molecule has 4 aromatic carbocycles. The fourth-order valence-electron chi connectivity index (χ4n) is 4.86. The van der Waals surface area contributed by atoms with Gasteiger partial charge in [-0.25, -0.2) is 4.90 Å². The van der Waals surface area contributed by atoms with Crippen molar-refractivity contribution in [2.24, 2.45) is 0 Å². The van der Waals surface area contributed by atoms with Crippen LogP contribution in [0.1, 0.15) is 29.3 Å². The summed E-state index contributed by atoms with van der Waals surface area (Å²) in [5.41, 5.74) is 1.97. The molecule has 240 valence electrons. The summed E-state index contributed by atoms with van der Waals surface area (Å²) in [6, 6.07) is 27.5. The monoisotopic (exact) mass is 651 g/mol. The molecule has 1 aliphatic heterocycles. The van der Waals surface area contributed by atoms with Crippen LogP contribution < -0.4 is 29.7 Å². The zero-order valence-electron chi connectivity index (χ0n) is 26.0. The molecular formula is C36H33N3O7S. The van der Waals surface area contributed by atoms with Gasteiger partial charge in [0.1, 0.15) is 11.4 Å². The quantitative estimate of drug-likeness (QED) is 0.143. The molecule has 11 heteroatoms. The number of hydrogen-bond acceptors (Lipinski definition) is 8. The minimum atomic E-state index is -0.585. The van der Waals surface area contributed by atoms with Gasteiger partial charge in [-0.05, 0) is 91.4 Å². The molecule has 0 radical (unpaired) electrons. The molecule has 5 rings (SSSR count). The second kappa shape index (κ2) is 15.2. The van der Waals surface area contributed by atoms with Gasteiger partial charge >= 0.3 is 0 Å². The summed E-state index contributed by atoms with van der Waals surface area (Å²) in [5, 5.41) is 4.95.